The average Bonchev–Trinajstić information content (AvgIpc) is 2.22. The first-order valence-corrected chi connectivity index (χ1v) is 4.87. The monoisotopic (exact) mass is 240 g/mol. The fourth-order valence-electron chi connectivity index (χ4n) is 1.10. The number of phenols is 1. The summed E-state index contributed by atoms with van der Waals surface area (Å²) >= 11 is 0. The summed E-state index contributed by atoms with van der Waals surface area (Å²) in [5, 5.41) is 8.90. The van der Waals surface area contributed by atoms with Crippen molar-refractivity contribution in [3.8, 4) is 17.6 Å². The fourth-order valence-corrected chi connectivity index (χ4v) is 1.10. The molecule has 0 saturated heterocycles. The van der Waals surface area contributed by atoms with Crippen LogP contribution in [0.5, 0.6) is 5.75 Å². The Hall–Kier alpha value is -2.09. The van der Waals surface area contributed by atoms with Crippen molar-refractivity contribution >= 4 is 5.97 Å². The number of benzene rings is 1. The first-order chi connectivity index (χ1) is 8.04. The second-order valence-electron chi connectivity index (χ2n) is 3.07. The number of hydrogen-bond donors (Lipinski definition) is 1. The molecule has 1 aromatic carbocycles. The molecule has 0 amide bonds. The Morgan fingerprint density at radius 1 is 1.41 bits per heavy atom. The highest BCUT2D eigenvalue weighted by atomic mass is 19.1. The lowest BCUT2D eigenvalue weighted by Crippen LogP contribution is -2.01. The summed E-state index contributed by atoms with van der Waals surface area (Å²) in [6.07, 6.45) is -0.242. The zero-order valence-electron chi connectivity index (χ0n) is 9.09. The van der Waals surface area contributed by atoms with E-state index in [9.17, 15) is 13.6 Å². The van der Waals surface area contributed by atoms with Gasteiger partial charge < -0.3 is 9.84 Å². The van der Waals surface area contributed by atoms with E-state index in [1.807, 2.05) is 0 Å². The molecule has 0 aliphatic heterocycles. The number of hydrogen-bond acceptors (Lipinski definition) is 3. The number of rotatable bonds is 2. The van der Waals surface area contributed by atoms with Crippen molar-refractivity contribution in [2.24, 2.45) is 0 Å². The molecule has 1 aromatic rings. The van der Waals surface area contributed by atoms with E-state index in [0.717, 1.165) is 12.1 Å². The van der Waals surface area contributed by atoms with Gasteiger partial charge in [-0.05, 0) is 6.92 Å². The molecule has 0 aliphatic rings. The van der Waals surface area contributed by atoms with Gasteiger partial charge in [0.1, 0.15) is 23.8 Å². The third-order valence-electron chi connectivity index (χ3n) is 1.78. The third kappa shape index (κ3) is 3.76. The van der Waals surface area contributed by atoms with Crippen LogP contribution >= 0.6 is 0 Å². The van der Waals surface area contributed by atoms with Crippen LogP contribution in [0.25, 0.3) is 0 Å². The van der Waals surface area contributed by atoms with Crippen LogP contribution in [-0.4, -0.2) is 17.7 Å². The molecule has 0 radical (unpaired) electrons. The van der Waals surface area contributed by atoms with Gasteiger partial charge in [0.25, 0.3) is 0 Å². The van der Waals surface area contributed by atoms with Gasteiger partial charge in [-0.1, -0.05) is 11.8 Å². The number of halogens is 2. The topological polar surface area (TPSA) is 46.5 Å². The third-order valence-corrected chi connectivity index (χ3v) is 1.78. The molecule has 1 N–H and O–H groups in total. The van der Waals surface area contributed by atoms with Crippen molar-refractivity contribution in [2.75, 3.05) is 6.61 Å². The molecule has 0 spiro atoms. The van der Waals surface area contributed by atoms with Crippen LogP contribution in [0.4, 0.5) is 8.78 Å². The highest BCUT2D eigenvalue weighted by Gasteiger charge is 2.08. The molecule has 5 heteroatoms. The number of carbonyl (C=O) groups is 1. The molecular formula is C12H10F2O3. The maximum atomic E-state index is 13.2. The lowest BCUT2D eigenvalue weighted by atomic mass is 10.2. The van der Waals surface area contributed by atoms with Crippen molar-refractivity contribution in [3.63, 3.8) is 0 Å². The Kier molecular flexibility index (Phi) is 4.46. The second kappa shape index (κ2) is 5.85. The summed E-state index contributed by atoms with van der Waals surface area (Å²) in [5.41, 5.74) is -0.480. The van der Waals surface area contributed by atoms with E-state index in [1.54, 1.807) is 6.92 Å². The van der Waals surface area contributed by atoms with Gasteiger partial charge in [-0.25, -0.2) is 8.78 Å². The zero-order valence-corrected chi connectivity index (χ0v) is 9.09. The van der Waals surface area contributed by atoms with Crippen molar-refractivity contribution in [3.05, 3.63) is 29.3 Å². The molecule has 0 aromatic heterocycles. The van der Waals surface area contributed by atoms with Crippen LogP contribution < -0.4 is 0 Å². The molecule has 3 nitrogen and oxygen atoms in total. The van der Waals surface area contributed by atoms with E-state index in [1.165, 1.54) is 0 Å². The fraction of sp³-hybridized carbons (Fsp3) is 0.250. The lowest BCUT2D eigenvalue weighted by molar-refractivity contribution is -0.141. The minimum absolute atomic E-state index is 0.225. The summed E-state index contributed by atoms with van der Waals surface area (Å²) in [4.78, 5) is 10.9. The maximum Gasteiger partial charge on any atom is 0.317 e. The van der Waals surface area contributed by atoms with E-state index in [2.05, 4.69) is 16.6 Å². The number of phenolic OH excluding ortho intramolecular Hbond substituents is 1. The van der Waals surface area contributed by atoms with Crippen molar-refractivity contribution in [1.82, 2.24) is 0 Å². The molecule has 0 fully saturated rings. The largest absolute Gasteiger partial charge is 0.508 e. The van der Waals surface area contributed by atoms with Gasteiger partial charge in [-0.15, -0.1) is 0 Å². The molecule has 1 rings (SSSR count). The predicted molar refractivity (Wildman–Crippen MR) is 56.2 cm³/mol. The quantitative estimate of drug-likeness (QED) is 0.635. The van der Waals surface area contributed by atoms with E-state index < -0.39 is 28.9 Å². The Morgan fingerprint density at radius 3 is 2.53 bits per heavy atom. The van der Waals surface area contributed by atoms with Crippen molar-refractivity contribution < 1.29 is 23.4 Å². The number of carbonyl (C=O) groups excluding carboxylic acids is 1. The standard InChI is InChI=1S/C12H10F2O3/c1-2-17-12(16)5-3-4-9-10(13)6-8(15)7-11(9)14/h6-7,15H,2,5H2,1H3. The Morgan fingerprint density at radius 2 is 2.00 bits per heavy atom. The van der Waals surface area contributed by atoms with Crippen LogP contribution in [-0.2, 0) is 9.53 Å². The SMILES string of the molecule is CCOC(=O)CC#Cc1c(F)cc(O)cc1F. The minimum Gasteiger partial charge on any atom is -0.508 e. The smallest absolute Gasteiger partial charge is 0.317 e. The van der Waals surface area contributed by atoms with Gasteiger partial charge in [0.05, 0.1) is 12.2 Å². The Bertz CT molecular complexity index is 463. The van der Waals surface area contributed by atoms with E-state index in [0.29, 0.717) is 0 Å². The van der Waals surface area contributed by atoms with Gasteiger partial charge in [0, 0.05) is 12.1 Å². The summed E-state index contributed by atoms with van der Waals surface area (Å²) in [5.74, 6) is 1.47. The molecule has 90 valence electrons. The zero-order chi connectivity index (χ0) is 12.8. The van der Waals surface area contributed by atoms with Crippen molar-refractivity contribution in [2.45, 2.75) is 13.3 Å². The maximum absolute atomic E-state index is 13.2. The Labute approximate surface area is 97.0 Å². The van der Waals surface area contributed by atoms with Gasteiger partial charge in [0.15, 0.2) is 0 Å². The summed E-state index contributed by atoms with van der Waals surface area (Å²) in [6.45, 7) is 1.87. The van der Waals surface area contributed by atoms with Crippen LogP contribution in [0.15, 0.2) is 12.1 Å². The summed E-state index contributed by atoms with van der Waals surface area (Å²) in [6, 6.07) is 1.49. The van der Waals surface area contributed by atoms with Crippen LogP contribution in [0.3, 0.4) is 0 Å². The van der Waals surface area contributed by atoms with Crippen LogP contribution in [0.1, 0.15) is 18.9 Å². The minimum atomic E-state index is -0.973. The van der Waals surface area contributed by atoms with Crippen LogP contribution in [0, 0.1) is 23.5 Å². The highest BCUT2D eigenvalue weighted by molar-refractivity contribution is 5.72. The molecule has 0 saturated carbocycles. The Balaban J connectivity index is 2.82. The molecular weight excluding hydrogens is 230 g/mol. The molecule has 0 atom stereocenters. The normalized spacial score (nSPS) is 9.35. The summed E-state index contributed by atoms with van der Waals surface area (Å²) in [7, 11) is 0. The number of ether oxygens (including phenoxy) is 1. The highest BCUT2D eigenvalue weighted by Crippen LogP contribution is 2.18. The van der Waals surface area contributed by atoms with E-state index in [-0.39, 0.29) is 13.0 Å². The van der Waals surface area contributed by atoms with Gasteiger partial charge in [-0.3, -0.25) is 4.79 Å². The molecule has 0 heterocycles. The van der Waals surface area contributed by atoms with E-state index >= 15 is 0 Å². The number of aromatic hydroxyl groups is 1. The molecule has 0 aliphatic carbocycles. The predicted octanol–water partition coefficient (Wildman–Crippen LogP) is 1.98. The molecule has 17 heavy (non-hydrogen) atoms. The van der Waals surface area contributed by atoms with Gasteiger partial charge in [0.2, 0.25) is 0 Å². The van der Waals surface area contributed by atoms with E-state index in [4.69, 9.17) is 5.11 Å². The summed E-state index contributed by atoms with van der Waals surface area (Å²) < 4.78 is 30.9. The first kappa shape index (κ1) is 13.0. The number of esters is 1. The van der Waals surface area contributed by atoms with Crippen LogP contribution in [0.2, 0.25) is 0 Å². The van der Waals surface area contributed by atoms with Crippen molar-refractivity contribution in [1.29, 1.82) is 0 Å². The first-order valence-electron chi connectivity index (χ1n) is 4.87. The average molecular weight is 240 g/mol. The van der Waals surface area contributed by atoms with Gasteiger partial charge >= 0.3 is 5.97 Å². The second-order valence-corrected chi connectivity index (χ2v) is 3.07. The molecule has 0 bridgehead atoms. The lowest BCUT2D eigenvalue weighted by Gasteiger charge is -1.98. The van der Waals surface area contributed by atoms with Gasteiger partial charge in [-0.2, -0.15) is 0 Å². The molecule has 0 unspecified atom stereocenters.